The van der Waals surface area contributed by atoms with Crippen LogP contribution >= 0.6 is 0 Å². The molecule has 3 aromatic rings. The molecular weight excluding hydrogens is 314 g/mol. The first-order valence-electron chi connectivity index (χ1n) is 8.84. The summed E-state index contributed by atoms with van der Waals surface area (Å²) < 4.78 is 4.04. The summed E-state index contributed by atoms with van der Waals surface area (Å²) in [5, 5.41) is 8.24. The van der Waals surface area contributed by atoms with E-state index < -0.39 is 0 Å². The molecule has 0 spiro atoms. The SMILES string of the molecule is Cc1cnc(CCNC(=O)c2nn(C)c3ccccc23)n1CC1CC1. The van der Waals surface area contributed by atoms with E-state index in [-0.39, 0.29) is 5.91 Å². The van der Waals surface area contributed by atoms with Crippen LogP contribution in [-0.4, -0.2) is 31.8 Å². The maximum absolute atomic E-state index is 12.5. The third-order valence-electron chi connectivity index (χ3n) is 4.88. The zero-order valence-corrected chi connectivity index (χ0v) is 14.7. The van der Waals surface area contributed by atoms with Gasteiger partial charge < -0.3 is 9.88 Å². The average Bonchev–Trinajstić information content (AvgIpc) is 3.29. The molecule has 0 bridgehead atoms. The molecule has 2 aromatic heterocycles. The van der Waals surface area contributed by atoms with Crippen LogP contribution in [-0.2, 0) is 20.0 Å². The topological polar surface area (TPSA) is 64.7 Å². The Hall–Kier alpha value is -2.63. The van der Waals surface area contributed by atoms with Crippen LogP contribution in [0.4, 0.5) is 0 Å². The molecule has 1 aliphatic carbocycles. The van der Waals surface area contributed by atoms with Crippen molar-refractivity contribution in [2.45, 2.75) is 32.7 Å². The van der Waals surface area contributed by atoms with Crippen LogP contribution in [0.5, 0.6) is 0 Å². The third-order valence-corrected chi connectivity index (χ3v) is 4.88. The summed E-state index contributed by atoms with van der Waals surface area (Å²) in [5.74, 6) is 1.73. The molecule has 25 heavy (non-hydrogen) atoms. The molecule has 2 heterocycles. The van der Waals surface area contributed by atoms with Gasteiger partial charge in [0.1, 0.15) is 5.82 Å². The number of nitrogens with one attached hydrogen (secondary N) is 1. The first-order chi connectivity index (χ1) is 12.1. The van der Waals surface area contributed by atoms with Crippen LogP contribution in [0.2, 0.25) is 0 Å². The van der Waals surface area contributed by atoms with Gasteiger partial charge in [0.05, 0.1) is 5.52 Å². The number of nitrogens with zero attached hydrogens (tertiary/aromatic N) is 4. The highest BCUT2D eigenvalue weighted by molar-refractivity contribution is 6.04. The molecule has 1 N–H and O–H groups in total. The maximum Gasteiger partial charge on any atom is 0.272 e. The first kappa shape index (κ1) is 15.9. The van der Waals surface area contributed by atoms with E-state index in [4.69, 9.17) is 0 Å². The van der Waals surface area contributed by atoms with E-state index in [0.29, 0.717) is 12.2 Å². The summed E-state index contributed by atoms with van der Waals surface area (Å²) in [6, 6.07) is 7.78. The van der Waals surface area contributed by atoms with Gasteiger partial charge in [-0.15, -0.1) is 0 Å². The Labute approximate surface area is 146 Å². The van der Waals surface area contributed by atoms with E-state index in [1.54, 1.807) is 4.68 Å². The van der Waals surface area contributed by atoms with Crippen molar-refractivity contribution < 1.29 is 4.79 Å². The molecule has 0 atom stereocenters. The smallest absolute Gasteiger partial charge is 0.272 e. The van der Waals surface area contributed by atoms with Crippen LogP contribution in [0.3, 0.4) is 0 Å². The van der Waals surface area contributed by atoms with Gasteiger partial charge in [-0.3, -0.25) is 9.48 Å². The highest BCUT2D eigenvalue weighted by atomic mass is 16.1. The second kappa shape index (κ2) is 6.35. The normalized spacial score (nSPS) is 14.2. The summed E-state index contributed by atoms with van der Waals surface area (Å²) in [7, 11) is 1.86. The standard InChI is InChI=1S/C19H23N5O/c1-13-11-21-17(24(13)12-14-7-8-14)9-10-20-19(25)18-15-5-3-4-6-16(15)23(2)22-18/h3-6,11,14H,7-10,12H2,1-2H3,(H,20,25). The minimum atomic E-state index is -0.131. The van der Waals surface area contributed by atoms with Crippen LogP contribution < -0.4 is 5.32 Å². The van der Waals surface area contributed by atoms with Gasteiger partial charge in [-0.05, 0) is 31.7 Å². The molecule has 0 saturated heterocycles. The number of rotatable bonds is 6. The minimum Gasteiger partial charge on any atom is -0.350 e. The Bertz CT molecular complexity index is 919. The van der Waals surface area contributed by atoms with Gasteiger partial charge in [0, 0.05) is 43.8 Å². The van der Waals surface area contributed by atoms with Gasteiger partial charge in [0.15, 0.2) is 5.69 Å². The molecule has 6 heteroatoms. The second-order valence-corrected chi connectivity index (χ2v) is 6.87. The number of benzene rings is 1. The molecule has 1 fully saturated rings. The fourth-order valence-electron chi connectivity index (χ4n) is 3.27. The lowest BCUT2D eigenvalue weighted by Gasteiger charge is -2.09. The lowest BCUT2D eigenvalue weighted by molar-refractivity contribution is 0.0949. The Morgan fingerprint density at radius 3 is 2.92 bits per heavy atom. The van der Waals surface area contributed by atoms with Gasteiger partial charge >= 0.3 is 0 Å². The summed E-state index contributed by atoms with van der Waals surface area (Å²) in [6.07, 6.45) is 5.30. The molecule has 1 aliphatic rings. The number of aromatic nitrogens is 4. The number of amides is 1. The highest BCUT2D eigenvalue weighted by Crippen LogP contribution is 2.31. The Morgan fingerprint density at radius 2 is 2.12 bits per heavy atom. The van der Waals surface area contributed by atoms with Crippen LogP contribution in [0.15, 0.2) is 30.5 Å². The number of hydrogen-bond acceptors (Lipinski definition) is 3. The number of fused-ring (bicyclic) bond motifs is 1. The van der Waals surface area contributed by atoms with Crippen molar-refractivity contribution in [2.24, 2.45) is 13.0 Å². The maximum atomic E-state index is 12.5. The molecule has 1 aromatic carbocycles. The molecule has 130 valence electrons. The fraction of sp³-hybridized carbons (Fsp3) is 0.421. The van der Waals surface area contributed by atoms with Crippen molar-refractivity contribution in [1.82, 2.24) is 24.6 Å². The van der Waals surface area contributed by atoms with Gasteiger partial charge in [-0.25, -0.2) is 4.98 Å². The van der Waals surface area contributed by atoms with Crippen molar-refractivity contribution in [3.63, 3.8) is 0 Å². The van der Waals surface area contributed by atoms with Gasteiger partial charge in [-0.2, -0.15) is 5.10 Å². The average molecular weight is 337 g/mol. The largest absolute Gasteiger partial charge is 0.350 e. The summed E-state index contributed by atoms with van der Waals surface area (Å²) in [5.41, 5.74) is 2.64. The third kappa shape index (κ3) is 3.16. The Kier molecular flexibility index (Phi) is 4.03. The lowest BCUT2D eigenvalue weighted by atomic mass is 10.2. The molecule has 0 unspecified atom stereocenters. The van der Waals surface area contributed by atoms with Crippen LogP contribution in [0.25, 0.3) is 10.9 Å². The van der Waals surface area contributed by atoms with Crippen LogP contribution in [0.1, 0.15) is 34.8 Å². The molecular formula is C19H23N5O. The first-order valence-corrected chi connectivity index (χ1v) is 8.84. The molecule has 0 radical (unpaired) electrons. The van der Waals surface area contributed by atoms with Gasteiger partial charge in [0.25, 0.3) is 5.91 Å². The van der Waals surface area contributed by atoms with Crippen molar-refractivity contribution >= 4 is 16.8 Å². The van der Waals surface area contributed by atoms with E-state index >= 15 is 0 Å². The van der Waals surface area contributed by atoms with Crippen molar-refractivity contribution in [3.8, 4) is 0 Å². The quantitative estimate of drug-likeness (QED) is 0.751. The number of carbonyl (C=O) groups is 1. The van der Waals surface area contributed by atoms with Crippen molar-refractivity contribution in [2.75, 3.05) is 6.54 Å². The summed E-state index contributed by atoms with van der Waals surface area (Å²) in [6.45, 7) is 3.71. The van der Waals surface area contributed by atoms with E-state index in [0.717, 1.165) is 35.6 Å². The predicted octanol–water partition coefficient (Wildman–Crippen LogP) is 2.46. The molecule has 0 aliphatic heterocycles. The number of carbonyl (C=O) groups excluding carboxylic acids is 1. The zero-order valence-electron chi connectivity index (χ0n) is 14.7. The van der Waals surface area contributed by atoms with Crippen molar-refractivity contribution in [1.29, 1.82) is 0 Å². The molecule has 1 saturated carbocycles. The van der Waals surface area contributed by atoms with E-state index in [1.165, 1.54) is 18.5 Å². The lowest BCUT2D eigenvalue weighted by Crippen LogP contribution is -2.27. The monoisotopic (exact) mass is 337 g/mol. The number of aryl methyl sites for hydroxylation is 2. The van der Waals surface area contributed by atoms with Gasteiger partial charge in [-0.1, -0.05) is 18.2 Å². The summed E-state index contributed by atoms with van der Waals surface area (Å²) in [4.78, 5) is 17.0. The van der Waals surface area contributed by atoms with E-state index in [2.05, 4.69) is 26.9 Å². The van der Waals surface area contributed by atoms with E-state index in [1.807, 2.05) is 37.5 Å². The Morgan fingerprint density at radius 1 is 1.32 bits per heavy atom. The minimum absolute atomic E-state index is 0.131. The predicted molar refractivity (Wildman–Crippen MR) is 96.4 cm³/mol. The fourth-order valence-corrected chi connectivity index (χ4v) is 3.27. The number of hydrogen-bond donors (Lipinski definition) is 1. The molecule has 1 amide bonds. The number of para-hydroxylation sites is 1. The Balaban J connectivity index is 1.42. The summed E-state index contributed by atoms with van der Waals surface area (Å²) >= 11 is 0. The number of imidazole rings is 1. The van der Waals surface area contributed by atoms with Gasteiger partial charge in [0.2, 0.25) is 0 Å². The highest BCUT2D eigenvalue weighted by Gasteiger charge is 2.23. The van der Waals surface area contributed by atoms with Crippen molar-refractivity contribution in [3.05, 3.63) is 47.7 Å². The van der Waals surface area contributed by atoms with E-state index in [9.17, 15) is 4.79 Å². The molecule has 6 nitrogen and oxygen atoms in total. The zero-order chi connectivity index (χ0) is 17.4. The molecule has 4 rings (SSSR count). The second-order valence-electron chi connectivity index (χ2n) is 6.87. The van der Waals surface area contributed by atoms with Crippen LogP contribution in [0, 0.1) is 12.8 Å².